The molecule has 26 heavy (non-hydrogen) atoms. The lowest BCUT2D eigenvalue weighted by atomic mass is 10.1. The minimum atomic E-state index is -0.454. The molecule has 0 atom stereocenters. The Morgan fingerprint density at radius 1 is 1.04 bits per heavy atom. The molecule has 1 aliphatic rings. The van der Waals surface area contributed by atoms with E-state index in [4.69, 9.17) is 9.47 Å². The van der Waals surface area contributed by atoms with Crippen LogP contribution < -0.4 is 10.1 Å². The molecule has 0 aromatic heterocycles. The number of benzene rings is 2. The van der Waals surface area contributed by atoms with Crippen molar-refractivity contribution in [3.63, 3.8) is 0 Å². The van der Waals surface area contributed by atoms with Gasteiger partial charge in [-0.2, -0.15) is 0 Å². The Balaban J connectivity index is 1.40. The summed E-state index contributed by atoms with van der Waals surface area (Å²) in [6.45, 7) is 0.222. The molecule has 0 spiro atoms. The lowest BCUT2D eigenvalue weighted by Crippen LogP contribution is -2.30. The Hall–Kier alpha value is -2.82. The van der Waals surface area contributed by atoms with Crippen LogP contribution in [0.15, 0.2) is 42.5 Å². The van der Waals surface area contributed by atoms with Crippen molar-refractivity contribution in [2.45, 2.75) is 25.7 Å². The molecule has 0 bridgehead atoms. The second-order valence-electron chi connectivity index (χ2n) is 6.36. The summed E-state index contributed by atoms with van der Waals surface area (Å²) < 4.78 is 10.2. The Morgan fingerprint density at radius 2 is 1.81 bits per heavy atom. The highest BCUT2D eigenvalue weighted by molar-refractivity contribution is 5.91. The van der Waals surface area contributed by atoms with E-state index in [1.54, 1.807) is 13.2 Å². The van der Waals surface area contributed by atoms with Gasteiger partial charge in [0.25, 0.3) is 5.91 Å². The van der Waals surface area contributed by atoms with Crippen LogP contribution in [-0.2, 0) is 28.8 Å². The highest BCUT2D eigenvalue weighted by Gasteiger charge is 2.15. The summed E-state index contributed by atoms with van der Waals surface area (Å²) in [4.78, 5) is 23.9. The van der Waals surface area contributed by atoms with Crippen molar-refractivity contribution in [1.29, 1.82) is 0 Å². The fourth-order valence-corrected chi connectivity index (χ4v) is 3.10. The number of hydrogen-bond acceptors (Lipinski definition) is 4. The SMILES string of the molecule is COc1ccc(CCNC(=O)COC(=O)c2ccc3c(c2)CCC3)cc1. The molecular formula is C21H23NO4. The zero-order valence-corrected chi connectivity index (χ0v) is 14.9. The number of carbonyl (C=O) groups is 2. The smallest absolute Gasteiger partial charge is 0.338 e. The molecule has 0 heterocycles. The van der Waals surface area contributed by atoms with Gasteiger partial charge in [0, 0.05) is 6.54 Å². The molecular weight excluding hydrogens is 330 g/mol. The van der Waals surface area contributed by atoms with Crippen LogP contribution in [0.4, 0.5) is 0 Å². The average Bonchev–Trinajstić information content (AvgIpc) is 3.14. The maximum atomic E-state index is 12.1. The van der Waals surface area contributed by atoms with Gasteiger partial charge in [0.1, 0.15) is 5.75 Å². The first-order valence-corrected chi connectivity index (χ1v) is 8.84. The summed E-state index contributed by atoms with van der Waals surface area (Å²) in [5, 5.41) is 2.76. The van der Waals surface area contributed by atoms with Gasteiger partial charge in [-0.05, 0) is 66.6 Å². The third-order valence-corrected chi connectivity index (χ3v) is 4.56. The van der Waals surface area contributed by atoms with Crippen molar-refractivity contribution >= 4 is 11.9 Å². The highest BCUT2D eigenvalue weighted by atomic mass is 16.5. The first-order chi connectivity index (χ1) is 12.7. The number of nitrogens with one attached hydrogen (secondary N) is 1. The molecule has 0 aliphatic heterocycles. The molecule has 0 saturated heterocycles. The van der Waals surface area contributed by atoms with Crippen molar-refractivity contribution in [3.05, 3.63) is 64.7 Å². The van der Waals surface area contributed by atoms with E-state index in [1.807, 2.05) is 36.4 Å². The van der Waals surface area contributed by atoms with Crippen molar-refractivity contribution in [1.82, 2.24) is 5.32 Å². The summed E-state index contributed by atoms with van der Waals surface area (Å²) >= 11 is 0. The second kappa shape index (κ2) is 8.52. The standard InChI is InChI=1S/C21H23NO4/c1-25-19-9-5-15(6-10-19)11-12-22-20(23)14-26-21(24)18-8-7-16-3-2-4-17(16)13-18/h5-10,13H,2-4,11-12,14H2,1H3,(H,22,23). The normalized spacial score (nSPS) is 12.3. The van der Waals surface area contributed by atoms with E-state index in [1.165, 1.54) is 11.1 Å². The fourth-order valence-electron chi connectivity index (χ4n) is 3.10. The number of methoxy groups -OCH3 is 1. The molecule has 5 nitrogen and oxygen atoms in total. The van der Waals surface area contributed by atoms with Gasteiger partial charge in [0.05, 0.1) is 12.7 Å². The van der Waals surface area contributed by atoms with E-state index in [2.05, 4.69) is 5.32 Å². The van der Waals surface area contributed by atoms with Crippen molar-refractivity contribution in [3.8, 4) is 5.75 Å². The Bertz CT molecular complexity index is 783. The molecule has 1 N–H and O–H groups in total. The second-order valence-corrected chi connectivity index (χ2v) is 6.36. The minimum Gasteiger partial charge on any atom is -0.497 e. The Morgan fingerprint density at radius 3 is 2.58 bits per heavy atom. The predicted molar refractivity (Wildman–Crippen MR) is 98.5 cm³/mol. The lowest BCUT2D eigenvalue weighted by Gasteiger charge is -2.08. The van der Waals surface area contributed by atoms with Gasteiger partial charge < -0.3 is 14.8 Å². The molecule has 1 amide bonds. The van der Waals surface area contributed by atoms with Crippen LogP contribution in [0.1, 0.15) is 33.5 Å². The van der Waals surface area contributed by atoms with Gasteiger partial charge in [0.15, 0.2) is 6.61 Å². The minimum absolute atomic E-state index is 0.265. The zero-order valence-electron chi connectivity index (χ0n) is 14.9. The number of fused-ring (bicyclic) bond motifs is 1. The van der Waals surface area contributed by atoms with Crippen LogP contribution in [0.5, 0.6) is 5.75 Å². The summed E-state index contributed by atoms with van der Waals surface area (Å²) in [6.07, 6.45) is 3.91. The molecule has 3 rings (SSSR count). The molecule has 0 radical (unpaired) electrons. The van der Waals surface area contributed by atoms with Gasteiger partial charge in [-0.3, -0.25) is 4.79 Å². The van der Waals surface area contributed by atoms with Crippen LogP contribution in [0.3, 0.4) is 0 Å². The number of aryl methyl sites for hydroxylation is 2. The van der Waals surface area contributed by atoms with Crippen molar-refractivity contribution < 1.29 is 19.1 Å². The Kier molecular flexibility index (Phi) is 5.89. The third kappa shape index (κ3) is 4.63. The van der Waals surface area contributed by atoms with Crippen LogP contribution in [-0.4, -0.2) is 32.1 Å². The number of esters is 1. The molecule has 0 unspecified atom stereocenters. The van der Waals surface area contributed by atoms with Gasteiger partial charge >= 0.3 is 5.97 Å². The average molecular weight is 353 g/mol. The highest BCUT2D eigenvalue weighted by Crippen LogP contribution is 2.23. The number of ether oxygens (including phenoxy) is 2. The van der Waals surface area contributed by atoms with Crippen LogP contribution in [0.25, 0.3) is 0 Å². The molecule has 2 aromatic carbocycles. The summed E-state index contributed by atoms with van der Waals surface area (Å²) in [7, 11) is 1.62. The van der Waals surface area contributed by atoms with Crippen molar-refractivity contribution in [2.75, 3.05) is 20.3 Å². The molecule has 0 saturated carbocycles. The fraction of sp³-hybridized carbons (Fsp3) is 0.333. The van der Waals surface area contributed by atoms with Gasteiger partial charge in [-0.25, -0.2) is 4.79 Å². The van der Waals surface area contributed by atoms with E-state index >= 15 is 0 Å². The topological polar surface area (TPSA) is 64.6 Å². The van der Waals surface area contributed by atoms with Gasteiger partial charge in [-0.15, -0.1) is 0 Å². The number of hydrogen-bond donors (Lipinski definition) is 1. The first-order valence-electron chi connectivity index (χ1n) is 8.84. The van der Waals surface area contributed by atoms with Gasteiger partial charge in [-0.1, -0.05) is 18.2 Å². The lowest BCUT2D eigenvalue weighted by molar-refractivity contribution is -0.124. The molecule has 1 aliphatic carbocycles. The largest absolute Gasteiger partial charge is 0.497 e. The summed E-state index contributed by atoms with van der Waals surface area (Å²) in [5.41, 5.74) is 4.12. The van der Waals surface area contributed by atoms with Gasteiger partial charge in [0.2, 0.25) is 0 Å². The third-order valence-electron chi connectivity index (χ3n) is 4.56. The predicted octanol–water partition coefficient (Wildman–Crippen LogP) is 2.70. The quantitative estimate of drug-likeness (QED) is 0.778. The molecule has 0 fully saturated rings. The van der Waals surface area contributed by atoms with E-state index in [0.717, 1.165) is 30.6 Å². The van der Waals surface area contributed by atoms with Crippen molar-refractivity contribution in [2.24, 2.45) is 0 Å². The summed E-state index contributed by atoms with van der Waals surface area (Å²) in [6, 6.07) is 13.3. The van der Waals surface area contributed by atoms with E-state index in [-0.39, 0.29) is 12.5 Å². The number of rotatable bonds is 7. The summed E-state index contributed by atoms with van der Waals surface area (Å²) in [5.74, 6) is 0.0503. The van der Waals surface area contributed by atoms with Crippen LogP contribution >= 0.6 is 0 Å². The first kappa shape index (κ1) is 18.0. The van der Waals surface area contributed by atoms with E-state index in [9.17, 15) is 9.59 Å². The maximum absolute atomic E-state index is 12.1. The molecule has 136 valence electrons. The number of carbonyl (C=O) groups excluding carboxylic acids is 2. The molecule has 5 heteroatoms. The zero-order chi connectivity index (χ0) is 18.4. The number of amides is 1. The van der Waals surface area contributed by atoms with E-state index < -0.39 is 5.97 Å². The maximum Gasteiger partial charge on any atom is 0.338 e. The van der Waals surface area contributed by atoms with Crippen LogP contribution in [0, 0.1) is 0 Å². The Labute approximate surface area is 153 Å². The molecule has 2 aromatic rings. The monoisotopic (exact) mass is 353 g/mol. The van der Waals surface area contributed by atoms with E-state index in [0.29, 0.717) is 18.5 Å². The van der Waals surface area contributed by atoms with Crippen LogP contribution in [0.2, 0.25) is 0 Å².